The van der Waals surface area contributed by atoms with Crippen LogP contribution >= 0.6 is 0 Å². The molecule has 1 atom stereocenters. The van der Waals surface area contributed by atoms with Crippen LogP contribution in [0.5, 0.6) is 0 Å². The summed E-state index contributed by atoms with van der Waals surface area (Å²) in [5.41, 5.74) is 2.96. The average molecular weight is 354 g/mol. The Morgan fingerprint density at radius 1 is 1.19 bits per heavy atom. The normalized spacial score (nSPS) is 24.2. The highest BCUT2D eigenvalue weighted by molar-refractivity contribution is 5.78. The third-order valence-corrected chi connectivity index (χ3v) is 6.89. The molecular weight excluding hydrogens is 324 g/mol. The number of rotatable bonds is 4. The Morgan fingerprint density at radius 3 is 2.58 bits per heavy atom. The number of carbonyl (C=O) groups is 2. The van der Waals surface area contributed by atoms with Crippen LogP contribution in [-0.4, -0.2) is 35.8 Å². The number of amides is 2. The van der Waals surface area contributed by atoms with Crippen LogP contribution in [0.4, 0.5) is 0 Å². The summed E-state index contributed by atoms with van der Waals surface area (Å²) in [5, 5.41) is 3.20. The number of hydrogen-bond acceptors (Lipinski definition) is 2. The molecule has 26 heavy (non-hydrogen) atoms. The van der Waals surface area contributed by atoms with E-state index in [4.69, 9.17) is 0 Å². The van der Waals surface area contributed by atoms with Gasteiger partial charge in [-0.25, -0.2) is 0 Å². The second kappa shape index (κ2) is 7.05. The molecule has 1 spiro atoms. The molecule has 140 valence electrons. The average Bonchev–Trinajstić information content (AvgIpc) is 2.92. The molecule has 0 bridgehead atoms. The molecule has 0 unspecified atom stereocenters. The van der Waals surface area contributed by atoms with Gasteiger partial charge in [-0.15, -0.1) is 0 Å². The maximum absolute atomic E-state index is 12.5. The minimum atomic E-state index is 0.155. The standard InChI is InChI=1S/C22H30N2O2/c1-2-21(26)24-12-10-22(11-13-24)15-16(18-8-3-4-9-19(18)22)14-20(25)23-17-6-5-7-17/h3-4,8-9,16-17H,2,5-7,10-15H2,1H3,(H,23,25)/t16-/m0/s1. The summed E-state index contributed by atoms with van der Waals surface area (Å²) in [7, 11) is 0. The second-order valence-electron chi connectivity index (χ2n) is 8.40. The van der Waals surface area contributed by atoms with E-state index in [9.17, 15) is 9.59 Å². The Bertz CT molecular complexity index is 687. The molecule has 0 aromatic heterocycles. The van der Waals surface area contributed by atoms with Crippen LogP contribution in [0.1, 0.15) is 75.3 Å². The van der Waals surface area contributed by atoms with Gasteiger partial charge >= 0.3 is 0 Å². The SMILES string of the molecule is CCC(=O)N1CCC2(CC1)C[C@H](CC(=O)NC1CCC1)c1ccccc12. The van der Waals surface area contributed by atoms with Crippen molar-refractivity contribution in [2.24, 2.45) is 0 Å². The summed E-state index contributed by atoms with van der Waals surface area (Å²) in [6.07, 6.45) is 7.82. The van der Waals surface area contributed by atoms with Gasteiger partial charge in [0.1, 0.15) is 0 Å². The predicted octanol–water partition coefficient (Wildman–Crippen LogP) is 3.50. The lowest BCUT2D eigenvalue weighted by Crippen LogP contribution is -2.44. The summed E-state index contributed by atoms with van der Waals surface area (Å²) >= 11 is 0. The van der Waals surface area contributed by atoms with Gasteiger partial charge in [0.05, 0.1) is 0 Å². The van der Waals surface area contributed by atoms with Crippen molar-refractivity contribution < 1.29 is 9.59 Å². The summed E-state index contributed by atoms with van der Waals surface area (Å²) < 4.78 is 0. The molecule has 4 rings (SSSR count). The first-order chi connectivity index (χ1) is 12.6. The predicted molar refractivity (Wildman–Crippen MR) is 102 cm³/mol. The van der Waals surface area contributed by atoms with Crippen molar-refractivity contribution in [3.05, 3.63) is 35.4 Å². The van der Waals surface area contributed by atoms with Crippen molar-refractivity contribution in [1.82, 2.24) is 10.2 Å². The Morgan fingerprint density at radius 2 is 1.92 bits per heavy atom. The van der Waals surface area contributed by atoms with Gasteiger partial charge in [0.15, 0.2) is 0 Å². The highest BCUT2D eigenvalue weighted by Gasteiger charge is 2.46. The minimum absolute atomic E-state index is 0.155. The van der Waals surface area contributed by atoms with Gasteiger partial charge in [-0.1, -0.05) is 31.2 Å². The van der Waals surface area contributed by atoms with E-state index in [0.717, 1.165) is 45.2 Å². The fraction of sp³-hybridized carbons (Fsp3) is 0.636. The molecule has 0 radical (unpaired) electrons. The molecule has 1 heterocycles. The fourth-order valence-electron chi connectivity index (χ4n) is 5.15. The van der Waals surface area contributed by atoms with E-state index in [1.807, 2.05) is 11.8 Å². The number of likely N-dealkylation sites (tertiary alicyclic amines) is 1. The van der Waals surface area contributed by atoms with Gasteiger partial charge in [0.25, 0.3) is 0 Å². The Balaban J connectivity index is 1.48. The molecule has 4 heteroatoms. The maximum Gasteiger partial charge on any atom is 0.222 e. The van der Waals surface area contributed by atoms with Gasteiger partial charge in [0.2, 0.25) is 11.8 Å². The summed E-state index contributed by atoms with van der Waals surface area (Å²) in [4.78, 5) is 26.6. The molecule has 1 N–H and O–H groups in total. The van der Waals surface area contributed by atoms with Crippen molar-refractivity contribution in [2.75, 3.05) is 13.1 Å². The zero-order valence-electron chi connectivity index (χ0n) is 15.8. The van der Waals surface area contributed by atoms with E-state index in [-0.39, 0.29) is 17.2 Å². The second-order valence-corrected chi connectivity index (χ2v) is 8.40. The van der Waals surface area contributed by atoms with Gasteiger partial charge in [-0.2, -0.15) is 0 Å². The highest BCUT2D eigenvalue weighted by atomic mass is 16.2. The number of nitrogens with zero attached hydrogens (tertiary/aromatic N) is 1. The third kappa shape index (κ3) is 3.15. The number of piperidine rings is 1. The molecular formula is C22H30N2O2. The van der Waals surface area contributed by atoms with E-state index in [1.165, 1.54) is 17.5 Å². The topological polar surface area (TPSA) is 49.4 Å². The number of nitrogens with one attached hydrogen (secondary N) is 1. The van der Waals surface area contributed by atoms with Crippen molar-refractivity contribution in [1.29, 1.82) is 0 Å². The number of carbonyl (C=O) groups excluding carboxylic acids is 2. The smallest absolute Gasteiger partial charge is 0.222 e. The van der Waals surface area contributed by atoms with Gasteiger partial charge in [-0.3, -0.25) is 9.59 Å². The third-order valence-electron chi connectivity index (χ3n) is 6.89. The van der Waals surface area contributed by atoms with Crippen LogP contribution in [0, 0.1) is 0 Å². The van der Waals surface area contributed by atoms with E-state index in [1.54, 1.807) is 0 Å². The van der Waals surface area contributed by atoms with Crippen LogP contribution in [0.3, 0.4) is 0 Å². The molecule has 1 aromatic rings. The number of hydrogen-bond donors (Lipinski definition) is 1. The number of benzene rings is 1. The van der Waals surface area contributed by atoms with Crippen molar-refractivity contribution >= 4 is 11.8 Å². The van der Waals surface area contributed by atoms with E-state index in [0.29, 0.717) is 24.8 Å². The molecule has 1 saturated carbocycles. The van der Waals surface area contributed by atoms with Crippen molar-refractivity contribution in [3.63, 3.8) is 0 Å². The lowest BCUT2D eigenvalue weighted by Gasteiger charge is -2.40. The molecule has 2 aliphatic carbocycles. The number of fused-ring (bicyclic) bond motifs is 2. The summed E-state index contributed by atoms with van der Waals surface area (Å²) in [6, 6.07) is 9.12. The zero-order valence-corrected chi connectivity index (χ0v) is 15.8. The Kier molecular flexibility index (Phi) is 4.76. The van der Waals surface area contributed by atoms with Crippen LogP contribution in [0.15, 0.2) is 24.3 Å². The molecule has 2 amide bonds. The molecule has 2 fully saturated rings. The summed E-state index contributed by atoms with van der Waals surface area (Å²) in [5.74, 6) is 0.799. The van der Waals surface area contributed by atoms with E-state index in [2.05, 4.69) is 29.6 Å². The molecule has 1 saturated heterocycles. The first-order valence-corrected chi connectivity index (χ1v) is 10.3. The van der Waals surface area contributed by atoms with Gasteiger partial charge in [0, 0.05) is 32.0 Å². The zero-order chi connectivity index (χ0) is 18.1. The fourth-order valence-corrected chi connectivity index (χ4v) is 5.15. The maximum atomic E-state index is 12.5. The first kappa shape index (κ1) is 17.6. The molecule has 1 aliphatic heterocycles. The van der Waals surface area contributed by atoms with Gasteiger partial charge < -0.3 is 10.2 Å². The van der Waals surface area contributed by atoms with Crippen molar-refractivity contribution in [3.8, 4) is 0 Å². The van der Waals surface area contributed by atoms with Crippen LogP contribution < -0.4 is 5.32 Å². The van der Waals surface area contributed by atoms with Crippen LogP contribution in [0.2, 0.25) is 0 Å². The Labute approximate surface area is 156 Å². The van der Waals surface area contributed by atoms with E-state index < -0.39 is 0 Å². The van der Waals surface area contributed by atoms with Crippen molar-refractivity contribution in [2.45, 2.75) is 75.7 Å². The molecule has 3 aliphatic rings. The largest absolute Gasteiger partial charge is 0.353 e. The Hall–Kier alpha value is -1.84. The van der Waals surface area contributed by atoms with Gasteiger partial charge in [-0.05, 0) is 61.0 Å². The molecule has 4 nitrogen and oxygen atoms in total. The monoisotopic (exact) mass is 354 g/mol. The lowest BCUT2D eigenvalue weighted by molar-refractivity contribution is -0.132. The van der Waals surface area contributed by atoms with E-state index >= 15 is 0 Å². The first-order valence-electron chi connectivity index (χ1n) is 10.3. The lowest BCUT2D eigenvalue weighted by atomic mass is 9.73. The minimum Gasteiger partial charge on any atom is -0.353 e. The highest BCUT2D eigenvalue weighted by Crippen LogP contribution is 2.52. The quantitative estimate of drug-likeness (QED) is 0.900. The molecule has 1 aromatic carbocycles. The van der Waals surface area contributed by atoms with Crippen LogP contribution in [0.25, 0.3) is 0 Å². The summed E-state index contributed by atoms with van der Waals surface area (Å²) in [6.45, 7) is 3.64. The van der Waals surface area contributed by atoms with Crippen LogP contribution in [-0.2, 0) is 15.0 Å².